The van der Waals surface area contributed by atoms with Gasteiger partial charge in [-0.25, -0.2) is 4.39 Å². The number of alkyl halides is 3. The van der Waals surface area contributed by atoms with Crippen LogP contribution in [0.5, 0.6) is 0 Å². The van der Waals surface area contributed by atoms with E-state index < -0.39 is 31.2 Å². The molecule has 2 aromatic heterocycles. The van der Waals surface area contributed by atoms with Gasteiger partial charge >= 0.3 is 6.43 Å². The fourth-order valence-electron chi connectivity index (χ4n) is 2.68. The van der Waals surface area contributed by atoms with Gasteiger partial charge in [-0.3, -0.25) is 9.78 Å². The summed E-state index contributed by atoms with van der Waals surface area (Å²) in [6.45, 7) is -0.691. The average molecular weight is 437 g/mol. The van der Waals surface area contributed by atoms with E-state index in [4.69, 9.17) is 0 Å². The van der Waals surface area contributed by atoms with Gasteiger partial charge in [-0.2, -0.15) is 17.5 Å². The summed E-state index contributed by atoms with van der Waals surface area (Å²) in [6, 6.07) is 8.74. The number of aromatic nitrogens is 3. The van der Waals surface area contributed by atoms with Crippen molar-refractivity contribution in [1.82, 2.24) is 19.0 Å². The Balaban J connectivity index is 1.63. The zero-order chi connectivity index (χ0) is 21.5. The molecule has 0 unspecified atom stereocenters. The van der Waals surface area contributed by atoms with E-state index in [0.29, 0.717) is 17.9 Å². The Kier molecular flexibility index (Phi) is 7.31. The zero-order valence-corrected chi connectivity index (χ0v) is 16.3. The van der Waals surface area contributed by atoms with Crippen molar-refractivity contribution < 1.29 is 23.1 Å². The van der Waals surface area contributed by atoms with Crippen LogP contribution in [-0.4, -0.2) is 43.9 Å². The molecule has 0 bridgehead atoms. The molecule has 0 aliphatic rings. The summed E-state index contributed by atoms with van der Waals surface area (Å²) >= 11 is 1.11. The van der Waals surface area contributed by atoms with E-state index in [0.717, 1.165) is 28.5 Å². The molecule has 0 saturated carbocycles. The number of nitrogens with one attached hydrogen (secondary N) is 2. The van der Waals surface area contributed by atoms with Crippen LogP contribution in [-0.2, 0) is 11.3 Å². The van der Waals surface area contributed by atoms with Gasteiger partial charge in [-0.05, 0) is 17.2 Å². The standard InChI is InChI=1S/C19H18F3N5O2S/c20-7-15(26-19(29)18(21)22)17(28)12-3-1-11(2-4-12)13-5-6-14(23-8-13)9-24-16-10-25-30-27-16/h1-6,8,10,15,17-18,28H,7,9H2,(H,24,27)(H,26,29)/t15-,17-/m1/s1. The maximum atomic E-state index is 13.1. The highest BCUT2D eigenvalue weighted by atomic mass is 32.1. The van der Waals surface area contributed by atoms with E-state index in [9.17, 15) is 23.1 Å². The number of nitrogens with zero attached hydrogens (tertiary/aromatic N) is 3. The highest BCUT2D eigenvalue weighted by Gasteiger charge is 2.26. The Labute approximate surface area is 174 Å². The van der Waals surface area contributed by atoms with Crippen LogP contribution < -0.4 is 10.6 Å². The minimum atomic E-state index is -3.28. The molecule has 2 heterocycles. The quantitative estimate of drug-likeness (QED) is 0.476. The Hall–Kier alpha value is -3.05. The Bertz CT molecular complexity index is 940. The fourth-order valence-corrected chi connectivity index (χ4v) is 3.07. The molecule has 30 heavy (non-hydrogen) atoms. The number of carbonyl (C=O) groups excluding carboxylic acids is 1. The first-order valence-corrected chi connectivity index (χ1v) is 9.60. The summed E-state index contributed by atoms with van der Waals surface area (Å²) in [7, 11) is 0. The molecule has 1 aromatic carbocycles. The van der Waals surface area contributed by atoms with Crippen molar-refractivity contribution in [1.29, 1.82) is 0 Å². The summed E-state index contributed by atoms with van der Waals surface area (Å²) in [6.07, 6.45) is -1.42. The van der Waals surface area contributed by atoms with Crippen molar-refractivity contribution in [3.8, 4) is 11.1 Å². The van der Waals surface area contributed by atoms with Gasteiger partial charge in [0, 0.05) is 11.8 Å². The van der Waals surface area contributed by atoms with Crippen molar-refractivity contribution in [3.63, 3.8) is 0 Å². The molecule has 3 aromatic rings. The number of anilines is 1. The minimum absolute atomic E-state index is 0.293. The fraction of sp³-hybridized carbons (Fsp3) is 0.263. The van der Waals surface area contributed by atoms with Gasteiger partial charge in [-0.1, -0.05) is 30.3 Å². The molecule has 0 aliphatic carbocycles. The van der Waals surface area contributed by atoms with Crippen LogP contribution in [0.4, 0.5) is 19.0 Å². The monoisotopic (exact) mass is 437 g/mol. The van der Waals surface area contributed by atoms with Gasteiger partial charge in [0.1, 0.15) is 12.8 Å². The molecule has 0 fully saturated rings. The van der Waals surface area contributed by atoms with Gasteiger partial charge in [0.15, 0.2) is 5.82 Å². The van der Waals surface area contributed by atoms with Crippen LogP contribution in [0.3, 0.4) is 0 Å². The van der Waals surface area contributed by atoms with E-state index in [2.05, 4.69) is 19.0 Å². The Morgan fingerprint density at radius 1 is 1.10 bits per heavy atom. The van der Waals surface area contributed by atoms with Gasteiger partial charge in [0.05, 0.1) is 36.2 Å². The van der Waals surface area contributed by atoms with Crippen LogP contribution in [0.25, 0.3) is 11.1 Å². The molecule has 0 saturated heterocycles. The summed E-state index contributed by atoms with van der Waals surface area (Å²) in [4.78, 5) is 15.4. The molecule has 0 radical (unpaired) electrons. The molecular formula is C19H18F3N5O2S. The lowest BCUT2D eigenvalue weighted by atomic mass is 9.99. The second kappa shape index (κ2) is 10.1. The Morgan fingerprint density at radius 2 is 1.83 bits per heavy atom. The van der Waals surface area contributed by atoms with Crippen molar-refractivity contribution in [2.45, 2.75) is 25.1 Å². The minimum Gasteiger partial charge on any atom is -0.386 e. The normalized spacial score (nSPS) is 13.1. The predicted molar refractivity (Wildman–Crippen MR) is 106 cm³/mol. The summed E-state index contributed by atoms with van der Waals surface area (Å²) < 4.78 is 45.8. The second-order valence-corrected chi connectivity index (χ2v) is 6.88. The van der Waals surface area contributed by atoms with E-state index in [1.807, 2.05) is 12.1 Å². The number of carbonyl (C=O) groups is 1. The van der Waals surface area contributed by atoms with E-state index >= 15 is 0 Å². The van der Waals surface area contributed by atoms with Crippen molar-refractivity contribution in [3.05, 3.63) is 60.0 Å². The van der Waals surface area contributed by atoms with Crippen molar-refractivity contribution >= 4 is 23.5 Å². The number of hydrogen-bond acceptors (Lipinski definition) is 7. The first-order chi connectivity index (χ1) is 14.5. The zero-order valence-electron chi connectivity index (χ0n) is 15.5. The van der Waals surface area contributed by atoms with E-state index in [-0.39, 0.29) is 0 Å². The lowest BCUT2D eigenvalue weighted by Crippen LogP contribution is -2.43. The lowest BCUT2D eigenvalue weighted by Gasteiger charge is -2.22. The van der Waals surface area contributed by atoms with Gasteiger partial charge < -0.3 is 15.7 Å². The number of aliphatic hydroxyl groups is 1. The van der Waals surface area contributed by atoms with E-state index in [1.54, 1.807) is 42.0 Å². The predicted octanol–water partition coefficient (Wildman–Crippen LogP) is 2.97. The molecule has 2 atom stereocenters. The van der Waals surface area contributed by atoms with E-state index in [1.165, 1.54) is 0 Å². The summed E-state index contributed by atoms with van der Waals surface area (Å²) in [5, 5.41) is 15.1. The first-order valence-electron chi connectivity index (χ1n) is 8.87. The molecule has 0 aliphatic heterocycles. The summed E-state index contributed by atoms with van der Waals surface area (Å²) in [5.74, 6) is -0.948. The largest absolute Gasteiger partial charge is 0.386 e. The molecule has 11 heteroatoms. The summed E-state index contributed by atoms with van der Waals surface area (Å²) in [5.41, 5.74) is 2.72. The number of halogens is 3. The number of hydrogen-bond donors (Lipinski definition) is 3. The smallest absolute Gasteiger partial charge is 0.315 e. The maximum absolute atomic E-state index is 13.1. The van der Waals surface area contributed by atoms with Crippen LogP contribution in [0, 0.1) is 0 Å². The molecule has 3 rings (SSSR count). The first kappa shape index (κ1) is 21.7. The van der Waals surface area contributed by atoms with Gasteiger partial charge in [0.25, 0.3) is 5.91 Å². The number of pyridine rings is 1. The van der Waals surface area contributed by atoms with Crippen LogP contribution >= 0.6 is 11.7 Å². The van der Waals surface area contributed by atoms with Crippen molar-refractivity contribution in [2.24, 2.45) is 0 Å². The average Bonchev–Trinajstić information content (AvgIpc) is 3.29. The number of aliphatic hydroxyl groups excluding tert-OH is 1. The Morgan fingerprint density at radius 3 is 2.40 bits per heavy atom. The van der Waals surface area contributed by atoms with Crippen LogP contribution in [0.2, 0.25) is 0 Å². The SMILES string of the molecule is O=C(N[C@H](CF)[C@H](O)c1ccc(-c2ccc(CNc3cnsn3)nc2)cc1)C(F)F. The number of amides is 1. The highest BCUT2D eigenvalue weighted by molar-refractivity contribution is 6.99. The van der Waals surface area contributed by atoms with Gasteiger partial charge in [-0.15, -0.1) is 0 Å². The molecule has 7 nitrogen and oxygen atoms in total. The number of rotatable bonds is 9. The number of benzene rings is 1. The third-order valence-electron chi connectivity index (χ3n) is 4.30. The lowest BCUT2D eigenvalue weighted by molar-refractivity contribution is -0.133. The molecule has 1 amide bonds. The van der Waals surface area contributed by atoms with Crippen LogP contribution in [0.15, 0.2) is 48.8 Å². The molecule has 0 spiro atoms. The third kappa shape index (κ3) is 5.51. The maximum Gasteiger partial charge on any atom is 0.315 e. The molecular weight excluding hydrogens is 419 g/mol. The molecule has 3 N–H and O–H groups in total. The molecule has 158 valence electrons. The highest BCUT2D eigenvalue weighted by Crippen LogP contribution is 2.24. The van der Waals surface area contributed by atoms with Gasteiger partial charge in [0.2, 0.25) is 0 Å². The third-order valence-corrected chi connectivity index (χ3v) is 4.77. The second-order valence-electron chi connectivity index (χ2n) is 6.32. The van der Waals surface area contributed by atoms with Crippen LogP contribution in [0.1, 0.15) is 17.4 Å². The topological polar surface area (TPSA) is 100 Å². The van der Waals surface area contributed by atoms with Crippen molar-refractivity contribution in [2.75, 3.05) is 12.0 Å².